The molecule has 1 saturated heterocycles. The largest absolute Gasteiger partial charge is 0.342 e. The van der Waals surface area contributed by atoms with Crippen molar-refractivity contribution < 1.29 is 4.79 Å². The van der Waals surface area contributed by atoms with Gasteiger partial charge in [-0.1, -0.05) is 27.2 Å². The fourth-order valence-corrected chi connectivity index (χ4v) is 3.74. The fourth-order valence-electron chi connectivity index (χ4n) is 3.74. The van der Waals surface area contributed by atoms with Crippen LogP contribution < -0.4 is 0 Å². The molecule has 2 unspecified atom stereocenters. The maximum atomic E-state index is 12.6. The average Bonchev–Trinajstić information content (AvgIpc) is 2.75. The van der Waals surface area contributed by atoms with Crippen LogP contribution in [0, 0.1) is 17.3 Å². The van der Waals surface area contributed by atoms with E-state index < -0.39 is 0 Å². The molecule has 1 amide bonds. The number of hydrogen-bond acceptors (Lipinski definition) is 1. The van der Waals surface area contributed by atoms with Gasteiger partial charge in [0.15, 0.2) is 0 Å². The third kappa shape index (κ3) is 3.49. The van der Waals surface area contributed by atoms with Gasteiger partial charge in [-0.2, -0.15) is 0 Å². The number of carbonyl (C=O) groups is 1. The molecule has 1 heterocycles. The molecule has 18 heavy (non-hydrogen) atoms. The van der Waals surface area contributed by atoms with Gasteiger partial charge in [0.05, 0.1) is 0 Å². The lowest BCUT2D eigenvalue weighted by molar-refractivity contribution is -0.137. The van der Waals surface area contributed by atoms with Crippen molar-refractivity contribution in [2.24, 2.45) is 17.3 Å². The molecule has 2 nitrogen and oxygen atoms in total. The van der Waals surface area contributed by atoms with E-state index in [2.05, 4.69) is 25.7 Å². The van der Waals surface area contributed by atoms with Crippen molar-refractivity contribution in [3.8, 4) is 0 Å². The normalized spacial score (nSPS) is 29.6. The third-order valence-electron chi connectivity index (χ3n) is 4.52. The topological polar surface area (TPSA) is 20.3 Å². The van der Waals surface area contributed by atoms with Crippen LogP contribution in [0.2, 0.25) is 0 Å². The molecule has 2 heteroatoms. The third-order valence-corrected chi connectivity index (χ3v) is 4.52. The standard InChI is InChI=1S/C16H29NO/c1-16(2,3)12-13-8-7-9-14(13)15(18)17-10-5-4-6-11-17/h13-14H,4-12H2,1-3H3. The van der Waals surface area contributed by atoms with Crippen molar-refractivity contribution in [2.75, 3.05) is 13.1 Å². The van der Waals surface area contributed by atoms with Crippen molar-refractivity contribution in [1.29, 1.82) is 0 Å². The van der Waals surface area contributed by atoms with Crippen LogP contribution in [-0.4, -0.2) is 23.9 Å². The van der Waals surface area contributed by atoms with E-state index in [9.17, 15) is 4.79 Å². The van der Waals surface area contributed by atoms with Crippen molar-refractivity contribution in [3.05, 3.63) is 0 Å². The fraction of sp³-hybridized carbons (Fsp3) is 0.938. The van der Waals surface area contributed by atoms with Gasteiger partial charge in [-0.3, -0.25) is 4.79 Å². The maximum absolute atomic E-state index is 12.6. The first kappa shape index (κ1) is 13.9. The summed E-state index contributed by atoms with van der Waals surface area (Å²) in [5, 5.41) is 0. The Balaban J connectivity index is 1.95. The molecule has 1 aliphatic heterocycles. The smallest absolute Gasteiger partial charge is 0.225 e. The van der Waals surface area contributed by atoms with Gasteiger partial charge in [-0.15, -0.1) is 0 Å². The molecule has 0 aromatic rings. The zero-order chi connectivity index (χ0) is 13.2. The van der Waals surface area contributed by atoms with E-state index in [1.165, 1.54) is 38.5 Å². The molecule has 0 bridgehead atoms. The summed E-state index contributed by atoms with van der Waals surface area (Å²) in [6, 6.07) is 0. The minimum atomic E-state index is 0.335. The first-order valence-corrected chi connectivity index (χ1v) is 7.76. The van der Waals surface area contributed by atoms with Crippen LogP contribution in [0.4, 0.5) is 0 Å². The molecule has 2 atom stereocenters. The molecule has 2 aliphatic rings. The second-order valence-corrected chi connectivity index (χ2v) is 7.45. The Morgan fingerprint density at radius 2 is 1.72 bits per heavy atom. The lowest BCUT2D eigenvalue weighted by Gasteiger charge is -2.33. The Hall–Kier alpha value is -0.530. The Morgan fingerprint density at radius 1 is 1.06 bits per heavy atom. The number of amides is 1. The molecule has 0 aromatic carbocycles. The van der Waals surface area contributed by atoms with Gasteiger partial charge in [-0.05, 0) is 49.9 Å². The number of hydrogen-bond donors (Lipinski definition) is 0. The van der Waals surface area contributed by atoms with Crippen molar-refractivity contribution >= 4 is 5.91 Å². The number of nitrogens with zero attached hydrogens (tertiary/aromatic N) is 1. The van der Waals surface area contributed by atoms with Crippen LogP contribution >= 0.6 is 0 Å². The van der Waals surface area contributed by atoms with Crippen LogP contribution in [0.1, 0.15) is 65.7 Å². The Bertz CT molecular complexity index is 286. The molecule has 1 saturated carbocycles. The quantitative estimate of drug-likeness (QED) is 0.730. The van der Waals surface area contributed by atoms with Gasteiger partial charge in [0.2, 0.25) is 5.91 Å². The molecule has 0 spiro atoms. The molecule has 2 rings (SSSR count). The zero-order valence-corrected chi connectivity index (χ0v) is 12.4. The second kappa shape index (κ2) is 5.63. The van der Waals surface area contributed by atoms with Gasteiger partial charge < -0.3 is 4.90 Å². The predicted octanol–water partition coefficient (Wildman–Crippen LogP) is 3.85. The zero-order valence-electron chi connectivity index (χ0n) is 12.4. The highest BCUT2D eigenvalue weighted by molar-refractivity contribution is 5.79. The number of piperidine rings is 1. The van der Waals surface area contributed by atoms with Gasteiger partial charge in [0, 0.05) is 19.0 Å². The van der Waals surface area contributed by atoms with Crippen molar-refractivity contribution in [3.63, 3.8) is 0 Å². The molecular weight excluding hydrogens is 222 g/mol. The molecule has 0 aromatic heterocycles. The van der Waals surface area contributed by atoms with E-state index in [0.717, 1.165) is 19.5 Å². The molecule has 104 valence electrons. The Kier molecular flexibility index (Phi) is 4.34. The number of rotatable bonds is 2. The lowest BCUT2D eigenvalue weighted by atomic mass is 9.79. The van der Waals surface area contributed by atoms with Crippen LogP contribution in [0.5, 0.6) is 0 Å². The van der Waals surface area contributed by atoms with Crippen LogP contribution in [-0.2, 0) is 4.79 Å². The minimum Gasteiger partial charge on any atom is -0.342 e. The summed E-state index contributed by atoms with van der Waals surface area (Å²) < 4.78 is 0. The van der Waals surface area contributed by atoms with Crippen LogP contribution in [0.25, 0.3) is 0 Å². The SMILES string of the molecule is CC(C)(C)CC1CCCC1C(=O)N1CCCCC1. The second-order valence-electron chi connectivity index (χ2n) is 7.45. The molecule has 0 N–H and O–H groups in total. The summed E-state index contributed by atoms with van der Waals surface area (Å²) in [5.74, 6) is 1.45. The highest BCUT2D eigenvalue weighted by atomic mass is 16.2. The summed E-state index contributed by atoms with van der Waals surface area (Å²) in [6.45, 7) is 8.92. The summed E-state index contributed by atoms with van der Waals surface area (Å²) >= 11 is 0. The highest BCUT2D eigenvalue weighted by Crippen LogP contribution is 2.40. The van der Waals surface area contributed by atoms with Gasteiger partial charge in [0.25, 0.3) is 0 Å². The van der Waals surface area contributed by atoms with E-state index in [0.29, 0.717) is 23.2 Å². The summed E-state index contributed by atoms with van der Waals surface area (Å²) in [4.78, 5) is 14.8. The van der Waals surface area contributed by atoms with Gasteiger partial charge in [0.1, 0.15) is 0 Å². The monoisotopic (exact) mass is 251 g/mol. The Morgan fingerprint density at radius 3 is 2.33 bits per heavy atom. The van der Waals surface area contributed by atoms with Gasteiger partial charge in [-0.25, -0.2) is 0 Å². The van der Waals surface area contributed by atoms with E-state index in [1.54, 1.807) is 0 Å². The molecular formula is C16H29NO. The van der Waals surface area contributed by atoms with E-state index in [-0.39, 0.29) is 0 Å². The van der Waals surface area contributed by atoms with E-state index in [1.807, 2.05) is 0 Å². The number of carbonyl (C=O) groups excluding carboxylic acids is 1. The van der Waals surface area contributed by atoms with Crippen molar-refractivity contribution in [1.82, 2.24) is 4.90 Å². The minimum absolute atomic E-state index is 0.335. The maximum Gasteiger partial charge on any atom is 0.225 e. The molecule has 0 radical (unpaired) electrons. The number of likely N-dealkylation sites (tertiary alicyclic amines) is 1. The van der Waals surface area contributed by atoms with Crippen LogP contribution in [0.3, 0.4) is 0 Å². The van der Waals surface area contributed by atoms with Gasteiger partial charge >= 0.3 is 0 Å². The van der Waals surface area contributed by atoms with E-state index in [4.69, 9.17) is 0 Å². The van der Waals surface area contributed by atoms with E-state index >= 15 is 0 Å². The summed E-state index contributed by atoms with van der Waals surface area (Å²) in [7, 11) is 0. The lowest BCUT2D eigenvalue weighted by Crippen LogP contribution is -2.41. The summed E-state index contributed by atoms with van der Waals surface area (Å²) in [5.41, 5.74) is 0.357. The summed E-state index contributed by atoms with van der Waals surface area (Å²) in [6.07, 6.45) is 8.59. The molecule has 2 fully saturated rings. The average molecular weight is 251 g/mol. The predicted molar refractivity (Wildman–Crippen MR) is 75.3 cm³/mol. The molecule has 1 aliphatic carbocycles. The van der Waals surface area contributed by atoms with Crippen LogP contribution in [0.15, 0.2) is 0 Å². The highest BCUT2D eigenvalue weighted by Gasteiger charge is 2.37. The Labute approximate surface area is 112 Å². The first-order chi connectivity index (χ1) is 8.47. The first-order valence-electron chi connectivity index (χ1n) is 7.76. The van der Waals surface area contributed by atoms with Crippen molar-refractivity contribution in [2.45, 2.75) is 65.7 Å².